The highest BCUT2D eigenvalue weighted by atomic mass is 19.1. The van der Waals surface area contributed by atoms with Gasteiger partial charge < -0.3 is 10.6 Å². The zero-order valence-corrected chi connectivity index (χ0v) is 14.6. The number of amides is 2. The highest BCUT2D eigenvalue weighted by molar-refractivity contribution is 6.04. The van der Waals surface area contributed by atoms with Crippen molar-refractivity contribution in [3.8, 4) is 0 Å². The number of carbonyl (C=O) groups is 3. The number of para-hydroxylation sites is 1. The summed E-state index contributed by atoms with van der Waals surface area (Å²) in [6.07, 6.45) is 0. The average molecular weight is 357 g/mol. The fourth-order valence-electron chi connectivity index (χ4n) is 2.40. The Morgan fingerprint density at radius 2 is 1.62 bits per heavy atom. The first-order valence-corrected chi connectivity index (χ1v) is 7.99. The summed E-state index contributed by atoms with van der Waals surface area (Å²) >= 11 is 0. The summed E-state index contributed by atoms with van der Waals surface area (Å²) in [5, 5.41) is 5.23. The van der Waals surface area contributed by atoms with Crippen molar-refractivity contribution in [2.75, 3.05) is 30.8 Å². The third kappa shape index (κ3) is 5.78. The van der Waals surface area contributed by atoms with Crippen LogP contribution in [0.15, 0.2) is 48.5 Å². The third-order valence-corrected chi connectivity index (χ3v) is 3.52. The van der Waals surface area contributed by atoms with E-state index in [9.17, 15) is 18.8 Å². The average Bonchev–Trinajstić information content (AvgIpc) is 2.54. The van der Waals surface area contributed by atoms with Gasteiger partial charge in [0.05, 0.1) is 18.8 Å². The van der Waals surface area contributed by atoms with Crippen molar-refractivity contribution in [3.63, 3.8) is 0 Å². The second-order valence-electron chi connectivity index (χ2n) is 5.88. The zero-order valence-electron chi connectivity index (χ0n) is 14.6. The second-order valence-corrected chi connectivity index (χ2v) is 5.88. The molecule has 136 valence electrons. The van der Waals surface area contributed by atoms with Crippen LogP contribution < -0.4 is 10.6 Å². The van der Waals surface area contributed by atoms with E-state index in [-0.39, 0.29) is 30.7 Å². The summed E-state index contributed by atoms with van der Waals surface area (Å²) in [4.78, 5) is 37.2. The van der Waals surface area contributed by atoms with E-state index < -0.39 is 5.82 Å². The number of likely N-dealkylation sites (N-methyl/N-ethyl adjacent to an activating group) is 1. The minimum atomic E-state index is -0.445. The van der Waals surface area contributed by atoms with E-state index in [1.54, 1.807) is 37.4 Å². The summed E-state index contributed by atoms with van der Waals surface area (Å²) < 4.78 is 13.1. The molecule has 2 N–H and O–H groups in total. The summed E-state index contributed by atoms with van der Waals surface area (Å²) in [6.45, 7) is 1.34. The Morgan fingerprint density at radius 3 is 2.27 bits per heavy atom. The largest absolute Gasteiger partial charge is 0.325 e. The van der Waals surface area contributed by atoms with Gasteiger partial charge in [0, 0.05) is 11.3 Å². The van der Waals surface area contributed by atoms with Gasteiger partial charge in [-0.05, 0) is 44.3 Å². The summed E-state index contributed by atoms with van der Waals surface area (Å²) in [5.41, 5.74) is 1.21. The molecule has 0 unspecified atom stereocenters. The Hall–Kier alpha value is -3.06. The number of halogens is 1. The molecule has 0 fully saturated rings. The lowest BCUT2D eigenvalue weighted by Gasteiger charge is -2.16. The predicted octanol–water partition coefficient (Wildman–Crippen LogP) is 2.54. The van der Waals surface area contributed by atoms with Crippen molar-refractivity contribution >= 4 is 29.0 Å². The summed E-state index contributed by atoms with van der Waals surface area (Å²) in [7, 11) is 1.61. The van der Waals surface area contributed by atoms with Gasteiger partial charge in [-0.1, -0.05) is 18.2 Å². The first-order chi connectivity index (χ1) is 12.3. The van der Waals surface area contributed by atoms with Crippen LogP contribution in [0.4, 0.5) is 15.8 Å². The van der Waals surface area contributed by atoms with Gasteiger partial charge in [-0.25, -0.2) is 4.39 Å². The maximum absolute atomic E-state index is 13.1. The van der Waals surface area contributed by atoms with Gasteiger partial charge in [0.25, 0.3) is 0 Å². The number of ketones is 1. The molecule has 0 saturated heterocycles. The van der Waals surface area contributed by atoms with E-state index in [1.165, 1.54) is 30.0 Å². The fraction of sp³-hybridized carbons (Fsp3) is 0.211. The lowest BCUT2D eigenvalue weighted by Crippen LogP contribution is -2.36. The lowest BCUT2D eigenvalue weighted by molar-refractivity contribution is -0.119. The highest BCUT2D eigenvalue weighted by Gasteiger charge is 2.13. The SMILES string of the molecule is CC(=O)c1ccccc1NC(=O)CN(C)CC(=O)Nc1cccc(F)c1. The van der Waals surface area contributed by atoms with Gasteiger partial charge in [0.1, 0.15) is 5.82 Å². The van der Waals surface area contributed by atoms with Crippen LogP contribution in [0.2, 0.25) is 0 Å². The highest BCUT2D eigenvalue weighted by Crippen LogP contribution is 2.15. The standard InChI is InChI=1S/C19H20FN3O3/c1-13(24)16-8-3-4-9-17(16)22-19(26)12-23(2)11-18(25)21-15-7-5-6-14(20)10-15/h3-10H,11-12H2,1-2H3,(H,21,25)(H,22,26). The van der Waals surface area contributed by atoms with Crippen molar-refractivity contribution in [1.29, 1.82) is 0 Å². The molecule has 0 spiro atoms. The van der Waals surface area contributed by atoms with Gasteiger partial charge in [-0.15, -0.1) is 0 Å². The van der Waals surface area contributed by atoms with E-state index in [0.29, 0.717) is 16.9 Å². The number of nitrogens with zero attached hydrogens (tertiary/aromatic N) is 1. The van der Waals surface area contributed by atoms with Crippen LogP contribution in [0.3, 0.4) is 0 Å². The molecule has 0 aromatic heterocycles. The lowest BCUT2D eigenvalue weighted by atomic mass is 10.1. The van der Waals surface area contributed by atoms with E-state index in [0.717, 1.165) is 0 Å². The molecule has 0 heterocycles. The van der Waals surface area contributed by atoms with Crippen LogP contribution in [0.1, 0.15) is 17.3 Å². The van der Waals surface area contributed by atoms with Crippen molar-refractivity contribution < 1.29 is 18.8 Å². The molecule has 26 heavy (non-hydrogen) atoms. The number of Topliss-reactive ketones (excluding diaryl/α,β-unsaturated/α-hetero) is 1. The first kappa shape index (κ1) is 19.3. The molecule has 6 nitrogen and oxygen atoms in total. The summed E-state index contributed by atoms with van der Waals surface area (Å²) in [6, 6.07) is 12.3. The molecule has 7 heteroatoms. The number of rotatable bonds is 7. The van der Waals surface area contributed by atoms with Crippen molar-refractivity contribution in [2.24, 2.45) is 0 Å². The molecule has 2 aromatic carbocycles. The Balaban J connectivity index is 1.87. The minimum absolute atomic E-state index is 0.0389. The van der Waals surface area contributed by atoms with E-state index >= 15 is 0 Å². The number of nitrogens with one attached hydrogen (secondary N) is 2. The minimum Gasteiger partial charge on any atom is -0.325 e. The Morgan fingerprint density at radius 1 is 0.962 bits per heavy atom. The van der Waals surface area contributed by atoms with E-state index in [4.69, 9.17) is 0 Å². The molecule has 0 atom stereocenters. The van der Waals surface area contributed by atoms with Crippen LogP contribution >= 0.6 is 0 Å². The molecule has 0 aliphatic rings. The second kappa shape index (κ2) is 8.87. The van der Waals surface area contributed by atoms with Gasteiger partial charge in [-0.3, -0.25) is 19.3 Å². The van der Waals surface area contributed by atoms with Crippen molar-refractivity contribution in [2.45, 2.75) is 6.92 Å². The molecule has 0 radical (unpaired) electrons. The first-order valence-electron chi connectivity index (χ1n) is 7.99. The van der Waals surface area contributed by atoms with Gasteiger partial charge >= 0.3 is 0 Å². The number of benzene rings is 2. The van der Waals surface area contributed by atoms with Crippen LogP contribution in [0, 0.1) is 5.82 Å². The van der Waals surface area contributed by atoms with Crippen LogP contribution in [-0.2, 0) is 9.59 Å². The molecular weight excluding hydrogens is 337 g/mol. The Kier molecular flexibility index (Phi) is 6.57. The van der Waals surface area contributed by atoms with Crippen LogP contribution in [0.5, 0.6) is 0 Å². The third-order valence-electron chi connectivity index (χ3n) is 3.52. The topological polar surface area (TPSA) is 78.5 Å². The zero-order chi connectivity index (χ0) is 19.1. The van der Waals surface area contributed by atoms with Crippen LogP contribution in [-0.4, -0.2) is 42.6 Å². The smallest absolute Gasteiger partial charge is 0.238 e. The number of anilines is 2. The molecule has 2 aromatic rings. The number of hydrogen-bond donors (Lipinski definition) is 2. The molecular formula is C19H20FN3O3. The van der Waals surface area contributed by atoms with Gasteiger partial charge in [-0.2, -0.15) is 0 Å². The monoisotopic (exact) mass is 357 g/mol. The molecule has 0 saturated carbocycles. The quantitative estimate of drug-likeness (QED) is 0.747. The van der Waals surface area contributed by atoms with E-state index in [2.05, 4.69) is 10.6 Å². The number of carbonyl (C=O) groups excluding carboxylic acids is 3. The number of hydrogen-bond acceptors (Lipinski definition) is 4. The summed E-state index contributed by atoms with van der Waals surface area (Å²) in [5.74, 6) is -1.31. The molecule has 2 rings (SSSR count). The molecule has 2 amide bonds. The van der Waals surface area contributed by atoms with Gasteiger partial charge in [0.2, 0.25) is 11.8 Å². The Labute approximate surface area is 151 Å². The van der Waals surface area contributed by atoms with Crippen molar-refractivity contribution in [3.05, 3.63) is 59.9 Å². The Bertz CT molecular complexity index is 823. The maximum Gasteiger partial charge on any atom is 0.238 e. The predicted molar refractivity (Wildman–Crippen MR) is 97.6 cm³/mol. The van der Waals surface area contributed by atoms with Crippen LogP contribution in [0.25, 0.3) is 0 Å². The van der Waals surface area contributed by atoms with E-state index in [1.807, 2.05) is 0 Å². The normalized spacial score (nSPS) is 10.5. The molecule has 0 aliphatic heterocycles. The maximum atomic E-state index is 13.1. The fourth-order valence-corrected chi connectivity index (χ4v) is 2.40. The van der Waals surface area contributed by atoms with Crippen molar-refractivity contribution in [1.82, 2.24) is 4.90 Å². The molecule has 0 bridgehead atoms. The van der Waals surface area contributed by atoms with Gasteiger partial charge in [0.15, 0.2) is 5.78 Å². The molecule has 0 aliphatic carbocycles.